The Morgan fingerprint density at radius 3 is 2.83 bits per heavy atom. The average molecular weight is 256 g/mol. The van der Waals surface area contributed by atoms with Gasteiger partial charge in [-0.25, -0.2) is 0 Å². The second-order valence-corrected chi connectivity index (χ2v) is 5.07. The Labute approximate surface area is 109 Å². The number of thiophene rings is 1. The van der Waals surface area contributed by atoms with Crippen LogP contribution in [0.4, 0.5) is 5.82 Å². The fourth-order valence-electron chi connectivity index (χ4n) is 1.96. The highest BCUT2D eigenvalue weighted by Gasteiger charge is 2.18. The van der Waals surface area contributed by atoms with Gasteiger partial charge in [0.25, 0.3) is 0 Å². The molecule has 4 heteroatoms. The zero-order chi connectivity index (χ0) is 12.5. The molecule has 2 N–H and O–H groups in total. The average Bonchev–Trinajstić information content (AvgIpc) is 2.97. The topological polar surface area (TPSA) is 52.0 Å². The van der Waals surface area contributed by atoms with Crippen LogP contribution in [0.1, 0.15) is 5.56 Å². The maximum Gasteiger partial charge on any atom is 0.186 e. The number of benzene rings is 1. The third-order valence-electron chi connectivity index (χ3n) is 2.77. The van der Waals surface area contributed by atoms with Gasteiger partial charge in [-0.05, 0) is 23.9 Å². The van der Waals surface area contributed by atoms with Gasteiger partial charge >= 0.3 is 0 Å². The summed E-state index contributed by atoms with van der Waals surface area (Å²) in [4.78, 5) is 1.04. The van der Waals surface area contributed by atoms with Crippen LogP contribution in [0.15, 0.2) is 46.3 Å². The molecule has 2 aromatic heterocycles. The molecule has 2 heterocycles. The number of aromatic nitrogens is 1. The lowest BCUT2D eigenvalue weighted by atomic mass is 10.0. The van der Waals surface area contributed by atoms with Crippen molar-refractivity contribution < 1.29 is 4.52 Å². The first-order chi connectivity index (χ1) is 8.75. The van der Waals surface area contributed by atoms with Crippen molar-refractivity contribution in [2.45, 2.75) is 6.92 Å². The molecule has 0 spiro atoms. The molecule has 0 unspecified atom stereocenters. The van der Waals surface area contributed by atoms with Crippen LogP contribution in [0.5, 0.6) is 0 Å². The van der Waals surface area contributed by atoms with Crippen LogP contribution in [0, 0.1) is 6.92 Å². The molecule has 0 saturated heterocycles. The zero-order valence-corrected chi connectivity index (χ0v) is 10.7. The molecule has 0 atom stereocenters. The van der Waals surface area contributed by atoms with Gasteiger partial charge in [-0.1, -0.05) is 41.1 Å². The predicted octanol–water partition coefficient (Wildman–Crippen LogP) is 3.96. The van der Waals surface area contributed by atoms with Crippen molar-refractivity contribution in [3.05, 3.63) is 47.3 Å². The Morgan fingerprint density at radius 1 is 1.22 bits per heavy atom. The van der Waals surface area contributed by atoms with E-state index in [1.54, 1.807) is 11.3 Å². The third-order valence-corrected chi connectivity index (χ3v) is 3.64. The second kappa shape index (κ2) is 4.31. The highest BCUT2D eigenvalue weighted by atomic mass is 32.1. The molecular formula is C14H12N2OS. The summed E-state index contributed by atoms with van der Waals surface area (Å²) in [5, 5.41) is 5.90. The van der Waals surface area contributed by atoms with Crippen molar-refractivity contribution in [2.24, 2.45) is 0 Å². The van der Waals surface area contributed by atoms with Gasteiger partial charge in [0.05, 0.1) is 10.4 Å². The molecule has 3 aromatic rings. The highest BCUT2D eigenvalue weighted by molar-refractivity contribution is 7.13. The van der Waals surface area contributed by atoms with E-state index in [4.69, 9.17) is 10.3 Å². The third kappa shape index (κ3) is 1.80. The smallest absolute Gasteiger partial charge is 0.186 e. The molecule has 0 aliphatic carbocycles. The van der Waals surface area contributed by atoms with Crippen molar-refractivity contribution in [1.29, 1.82) is 0 Å². The monoisotopic (exact) mass is 256 g/mol. The molecule has 18 heavy (non-hydrogen) atoms. The Morgan fingerprint density at radius 2 is 2.11 bits per heavy atom. The van der Waals surface area contributed by atoms with E-state index in [2.05, 4.69) is 24.2 Å². The summed E-state index contributed by atoms with van der Waals surface area (Å²) in [6.45, 7) is 2.05. The first-order valence-electron chi connectivity index (χ1n) is 5.62. The highest BCUT2D eigenvalue weighted by Crippen LogP contribution is 2.38. The lowest BCUT2D eigenvalue weighted by Crippen LogP contribution is -1.88. The van der Waals surface area contributed by atoms with Crippen LogP contribution in [0.3, 0.4) is 0 Å². The molecule has 0 saturated carbocycles. The molecule has 0 radical (unpaired) electrons. The van der Waals surface area contributed by atoms with Gasteiger partial charge in [0.15, 0.2) is 11.6 Å². The van der Waals surface area contributed by atoms with Crippen molar-refractivity contribution in [2.75, 3.05) is 5.73 Å². The number of nitrogen functional groups attached to an aromatic ring is 1. The van der Waals surface area contributed by atoms with Gasteiger partial charge in [0.2, 0.25) is 0 Å². The summed E-state index contributed by atoms with van der Waals surface area (Å²) in [5.74, 6) is 1.18. The number of nitrogens with zero attached hydrogens (tertiary/aromatic N) is 1. The number of rotatable bonds is 2. The molecule has 3 nitrogen and oxygen atoms in total. The van der Waals surface area contributed by atoms with E-state index in [1.165, 1.54) is 5.56 Å². The second-order valence-electron chi connectivity index (χ2n) is 4.12. The largest absolute Gasteiger partial charge is 0.380 e. The molecule has 0 bridgehead atoms. The van der Waals surface area contributed by atoms with Crippen molar-refractivity contribution in [3.63, 3.8) is 0 Å². The van der Waals surface area contributed by atoms with Gasteiger partial charge in [-0.15, -0.1) is 11.3 Å². The van der Waals surface area contributed by atoms with E-state index in [0.29, 0.717) is 5.82 Å². The van der Waals surface area contributed by atoms with Crippen LogP contribution in [0.25, 0.3) is 21.8 Å². The van der Waals surface area contributed by atoms with Crippen LogP contribution in [-0.2, 0) is 0 Å². The minimum atomic E-state index is 0.434. The molecule has 0 aliphatic heterocycles. The number of aryl methyl sites for hydroxylation is 1. The molecule has 3 rings (SSSR count). The van der Waals surface area contributed by atoms with Gasteiger partial charge in [0.1, 0.15) is 0 Å². The van der Waals surface area contributed by atoms with E-state index in [1.807, 2.05) is 29.6 Å². The summed E-state index contributed by atoms with van der Waals surface area (Å²) in [7, 11) is 0. The quantitative estimate of drug-likeness (QED) is 0.755. The Bertz CT molecular complexity index is 671. The van der Waals surface area contributed by atoms with Gasteiger partial charge in [-0.3, -0.25) is 0 Å². The number of anilines is 1. The minimum Gasteiger partial charge on any atom is -0.380 e. The normalized spacial score (nSPS) is 10.7. The number of nitrogens with two attached hydrogens (primary N) is 1. The summed E-state index contributed by atoms with van der Waals surface area (Å²) in [6, 6.07) is 12.2. The van der Waals surface area contributed by atoms with Gasteiger partial charge < -0.3 is 10.3 Å². The summed E-state index contributed by atoms with van der Waals surface area (Å²) >= 11 is 1.61. The van der Waals surface area contributed by atoms with E-state index < -0.39 is 0 Å². The van der Waals surface area contributed by atoms with E-state index in [-0.39, 0.29) is 0 Å². The van der Waals surface area contributed by atoms with Gasteiger partial charge in [0, 0.05) is 0 Å². The first-order valence-corrected chi connectivity index (χ1v) is 6.50. The standard InChI is InChI=1S/C14H12N2OS/c1-9-4-2-5-10(8-9)12-13(17-16-14(12)15)11-6-3-7-18-11/h2-8H,1H3,(H2,15,16). The van der Waals surface area contributed by atoms with Crippen molar-refractivity contribution in [3.8, 4) is 21.8 Å². The maximum atomic E-state index is 5.93. The van der Waals surface area contributed by atoms with E-state index in [9.17, 15) is 0 Å². The molecule has 1 aromatic carbocycles. The lowest BCUT2D eigenvalue weighted by Gasteiger charge is -2.02. The van der Waals surface area contributed by atoms with E-state index >= 15 is 0 Å². The molecule has 0 amide bonds. The Kier molecular flexibility index (Phi) is 2.64. The molecular weight excluding hydrogens is 244 g/mol. The number of hydrogen-bond acceptors (Lipinski definition) is 4. The fourth-order valence-corrected chi connectivity index (χ4v) is 2.67. The van der Waals surface area contributed by atoms with Crippen LogP contribution >= 0.6 is 11.3 Å². The van der Waals surface area contributed by atoms with Crippen molar-refractivity contribution in [1.82, 2.24) is 5.16 Å². The molecule has 0 fully saturated rings. The summed E-state index contributed by atoms with van der Waals surface area (Å²) < 4.78 is 5.37. The number of hydrogen-bond donors (Lipinski definition) is 1. The summed E-state index contributed by atoms with van der Waals surface area (Å²) in [5.41, 5.74) is 9.03. The molecule has 90 valence electrons. The SMILES string of the molecule is Cc1cccc(-c2c(N)noc2-c2cccs2)c1. The summed E-state index contributed by atoms with van der Waals surface area (Å²) in [6.07, 6.45) is 0. The predicted molar refractivity (Wildman–Crippen MR) is 74.4 cm³/mol. The van der Waals surface area contributed by atoms with Crippen LogP contribution in [-0.4, -0.2) is 5.16 Å². The zero-order valence-electron chi connectivity index (χ0n) is 9.88. The first kappa shape index (κ1) is 11.0. The Balaban J connectivity index is 2.20. The molecule has 0 aliphatic rings. The van der Waals surface area contributed by atoms with Crippen LogP contribution < -0.4 is 5.73 Å². The Hall–Kier alpha value is -2.07. The fraction of sp³-hybridized carbons (Fsp3) is 0.0714. The van der Waals surface area contributed by atoms with Crippen molar-refractivity contribution >= 4 is 17.2 Å². The maximum absolute atomic E-state index is 5.93. The minimum absolute atomic E-state index is 0.434. The van der Waals surface area contributed by atoms with Crippen LogP contribution in [0.2, 0.25) is 0 Å². The van der Waals surface area contributed by atoms with Gasteiger partial charge in [-0.2, -0.15) is 0 Å². The lowest BCUT2D eigenvalue weighted by molar-refractivity contribution is 0.437. The van der Waals surface area contributed by atoms with E-state index in [0.717, 1.165) is 21.8 Å².